The molecule has 0 saturated heterocycles. The highest BCUT2D eigenvalue weighted by atomic mass is 32.1. The van der Waals surface area contributed by atoms with E-state index in [-0.39, 0.29) is 22.6 Å². The number of fused-ring (bicyclic) bond motifs is 3. The zero-order chi connectivity index (χ0) is 29.9. The van der Waals surface area contributed by atoms with E-state index in [1.54, 1.807) is 34.9 Å². The van der Waals surface area contributed by atoms with Crippen molar-refractivity contribution in [3.05, 3.63) is 148 Å². The van der Waals surface area contributed by atoms with E-state index in [1.165, 1.54) is 24.3 Å². The Bertz CT molecular complexity index is 2160. The van der Waals surface area contributed by atoms with Crippen molar-refractivity contribution in [2.24, 2.45) is 4.99 Å². The Hall–Kier alpha value is -5.03. The molecule has 0 spiro atoms. The highest BCUT2D eigenvalue weighted by Crippen LogP contribution is 2.41. The average molecular weight is 600 g/mol. The topological polar surface area (TPSA) is 90.6 Å². The first-order valence-corrected chi connectivity index (χ1v) is 14.1. The average Bonchev–Trinajstić information content (AvgIpc) is 3.60. The molecule has 3 aromatic carbocycles. The van der Waals surface area contributed by atoms with Crippen LogP contribution in [0, 0.1) is 10.1 Å². The van der Waals surface area contributed by atoms with Gasteiger partial charge < -0.3 is 4.42 Å². The van der Waals surface area contributed by atoms with Gasteiger partial charge >= 0.3 is 6.18 Å². The van der Waals surface area contributed by atoms with Crippen LogP contribution in [0.5, 0.6) is 0 Å². The monoisotopic (exact) mass is 599 g/mol. The number of halogens is 3. The van der Waals surface area contributed by atoms with Crippen LogP contribution in [0.3, 0.4) is 0 Å². The molecule has 214 valence electrons. The molecule has 3 heterocycles. The van der Waals surface area contributed by atoms with E-state index in [0.717, 1.165) is 52.3 Å². The van der Waals surface area contributed by atoms with E-state index in [1.807, 2.05) is 24.3 Å². The molecule has 2 aromatic heterocycles. The molecule has 1 aliphatic heterocycles. The summed E-state index contributed by atoms with van der Waals surface area (Å²) in [7, 11) is 0. The minimum absolute atomic E-state index is 0.0762. The minimum Gasteiger partial charge on any atom is -0.457 e. The Morgan fingerprint density at radius 2 is 1.81 bits per heavy atom. The van der Waals surface area contributed by atoms with Crippen LogP contribution in [-0.4, -0.2) is 9.49 Å². The summed E-state index contributed by atoms with van der Waals surface area (Å²) in [4.78, 5) is 30.4. The van der Waals surface area contributed by atoms with Gasteiger partial charge in [0.2, 0.25) is 0 Å². The molecule has 7 nitrogen and oxygen atoms in total. The second-order valence-corrected chi connectivity index (χ2v) is 11.3. The van der Waals surface area contributed by atoms with Crippen molar-refractivity contribution in [2.45, 2.75) is 25.1 Å². The maximum atomic E-state index is 13.9. The van der Waals surface area contributed by atoms with E-state index >= 15 is 0 Å². The number of alkyl halides is 3. The van der Waals surface area contributed by atoms with E-state index in [9.17, 15) is 28.1 Å². The maximum Gasteiger partial charge on any atom is 0.416 e. The minimum atomic E-state index is -4.49. The second-order valence-electron chi connectivity index (χ2n) is 10.2. The number of nitrogens with zero attached hydrogens (tertiary/aromatic N) is 3. The van der Waals surface area contributed by atoms with Crippen molar-refractivity contribution < 1.29 is 22.5 Å². The lowest BCUT2D eigenvalue weighted by molar-refractivity contribution is -0.384. The van der Waals surface area contributed by atoms with Crippen molar-refractivity contribution in [1.29, 1.82) is 0 Å². The van der Waals surface area contributed by atoms with Gasteiger partial charge in [-0.3, -0.25) is 19.5 Å². The van der Waals surface area contributed by atoms with Crippen molar-refractivity contribution in [3.63, 3.8) is 0 Å². The number of hydrogen-bond acceptors (Lipinski definition) is 6. The van der Waals surface area contributed by atoms with Crippen molar-refractivity contribution in [2.75, 3.05) is 0 Å². The lowest BCUT2D eigenvalue weighted by Gasteiger charge is -2.30. The fourth-order valence-corrected chi connectivity index (χ4v) is 6.68. The number of thiazole rings is 1. The third-order valence-corrected chi connectivity index (χ3v) is 8.63. The van der Waals surface area contributed by atoms with Gasteiger partial charge in [0.15, 0.2) is 4.80 Å². The van der Waals surface area contributed by atoms with Crippen LogP contribution >= 0.6 is 11.3 Å². The molecule has 0 unspecified atom stereocenters. The van der Waals surface area contributed by atoms with Crippen molar-refractivity contribution in [1.82, 2.24) is 4.57 Å². The number of non-ortho nitro benzene ring substituents is 1. The molecule has 11 heteroatoms. The Balaban J connectivity index is 1.37. The predicted octanol–water partition coefficient (Wildman–Crippen LogP) is 6.51. The smallest absolute Gasteiger partial charge is 0.416 e. The van der Waals surface area contributed by atoms with E-state index in [4.69, 9.17) is 9.41 Å². The fraction of sp³-hybridized carbons (Fsp3) is 0.125. The molecule has 0 N–H and O–H groups in total. The Kier molecular flexibility index (Phi) is 6.28. The summed E-state index contributed by atoms with van der Waals surface area (Å²) in [6.45, 7) is 0. The molecule has 2 aliphatic rings. The maximum absolute atomic E-state index is 13.9. The SMILES string of the molecule is O=c1/c(=C/c2ccc(-c3cccc(C(F)(F)F)c3)o2)sc2n1[C@@H](c1cccc([N+](=O)[O-])c1)C1=C(N=2)c2ccccc2CC1. The number of allylic oxidation sites excluding steroid dienone is 1. The van der Waals surface area contributed by atoms with Gasteiger partial charge in [-0.15, -0.1) is 0 Å². The fourth-order valence-electron chi connectivity index (χ4n) is 5.69. The predicted molar refractivity (Wildman–Crippen MR) is 155 cm³/mol. The van der Waals surface area contributed by atoms with Crippen LogP contribution in [0.15, 0.2) is 105 Å². The van der Waals surface area contributed by atoms with E-state index in [2.05, 4.69) is 0 Å². The second kappa shape index (κ2) is 10.1. The molecule has 1 aliphatic carbocycles. The number of hydrogen-bond donors (Lipinski definition) is 0. The van der Waals surface area contributed by atoms with Crippen molar-refractivity contribution >= 4 is 28.8 Å². The number of rotatable bonds is 4. The Labute approximate surface area is 245 Å². The van der Waals surface area contributed by atoms with Crippen LogP contribution in [0.1, 0.15) is 40.5 Å². The number of nitro groups is 1. The van der Waals surface area contributed by atoms with Gasteiger partial charge in [-0.2, -0.15) is 13.2 Å². The molecular formula is C32H20F3N3O4S. The number of nitro benzene ring substituents is 1. The summed E-state index contributed by atoms with van der Waals surface area (Å²) in [6, 6.07) is 21.6. The number of aromatic nitrogens is 1. The summed E-state index contributed by atoms with van der Waals surface area (Å²) in [5.41, 5.74) is 3.42. The Morgan fingerprint density at radius 1 is 1.00 bits per heavy atom. The largest absolute Gasteiger partial charge is 0.457 e. The molecule has 0 fully saturated rings. The first-order valence-electron chi connectivity index (χ1n) is 13.3. The molecule has 0 amide bonds. The summed E-state index contributed by atoms with van der Waals surface area (Å²) >= 11 is 1.16. The van der Waals surface area contributed by atoms with Crippen molar-refractivity contribution in [3.8, 4) is 11.3 Å². The molecule has 7 rings (SSSR count). The molecule has 5 aromatic rings. The third-order valence-electron chi connectivity index (χ3n) is 7.64. The summed E-state index contributed by atoms with van der Waals surface area (Å²) in [6.07, 6.45) is -1.58. The lowest BCUT2D eigenvalue weighted by Crippen LogP contribution is -2.38. The first-order chi connectivity index (χ1) is 20.7. The van der Waals surface area contributed by atoms with E-state index < -0.39 is 22.7 Å². The number of aryl methyl sites for hydroxylation is 1. The zero-order valence-electron chi connectivity index (χ0n) is 22.2. The molecular weight excluding hydrogens is 579 g/mol. The summed E-state index contributed by atoms with van der Waals surface area (Å²) < 4.78 is 47.4. The summed E-state index contributed by atoms with van der Waals surface area (Å²) in [5.74, 6) is 0.519. The lowest BCUT2D eigenvalue weighted by atomic mass is 9.83. The molecule has 0 radical (unpaired) electrons. The zero-order valence-corrected chi connectivity index (χ0v) is 23.0. The van der Waals surface area contributed by atoms with Gasteiger partial charge in [-0.05, 0) is 53.8 Å². The standard InChI is InChI=1S/C32H20F3N3O4S/c33-32(34,35)21-8-3-6-19(15-21)26-14-12-23(42-26)17-27-30(39)37-29(20-7-4-9-22(16-20)38(40)41)25-13-11-18-5-1-2-10-24(18)28(25)36-31(37)43-27/h1-10,12,14-17,29H,11,13H2/b27-17-/t29-/m0/s1. The normalized spacial score (nSPS) is 16.3. The highest BCUT2D eigenvalue weighted by Gasteiger charge is 2.33. The first kappa shape index (κ1) is 26.8. The van der Waals surface area contributed by atoms with Crippen LogP contribution in [0.4, 0.5) is 18.9 Å². The van der Waals surface area contributed by atoms with Crippen LogP contribution in [0.25, 0.3) is 23.1 Å². The van der Waals surface area contributed by atoms with Gasteiger partial charge in [0.05, 0.1) is 26.8 Å². The molecule has 43 heavy (non-hydrogen) atoms. The third kappa shape index (κ3) is 4.71. The van der Waals surface area contributed by atoms with Gasteiger partial charge in [0, 0.05) is 29.3 Å². The van der Waals surface area contributed by atoms with Crippen LogP contribution < -0.4 is 14.9 Å². The van der Waals surface area contributed by atoms with E-state index in [0.29, 0.717) is 27.1 Å². The highest BCUT2D eigenvalue weighted by molar-refractivity contribution is 7.07. The van der Waals surface area contributed by atoms with Gasteiger partial charge in [0.25, 0.3) is 11.2 Å². The van der Waals surface area contributed by atoms with Crippen LogP contribution in [0.2, 0.25) is 0 Å². The molecule has 0 saturated carbocycles. The number of furan rings is 1. The Morgan fingerprint density at radius 3 is 2.63 bits per heavy atom. The van der Waals surface area contributed by atoms with Gasteiger partial charge in [-0.25, -0.2) is 4.99 Å². The molecule has 0 bridgehead atoms. The van der Waals surface area contributed by atoms with Crippen LogP contribution in [-0.2, 0) is 12.6 Å². The van der Waals surface area contributed by atoms with Gasteiger partial charge in [0.1, 0.15) is 11.5 Å². The number of benzene rings is 3. The quantitative estimate of drug-likeness (QED) is 0.174. The van der Waals surface area contributed by atoms with Gasteiger partial charge in [-0.1, -0.05) is 59.9 Å². The molecule has 1 atom stereocenters. The summed E-state index contributed by atoms with van der Waals surface area (Å²) in [5, 5.41) is 11.6.